The molecular weight excluding hydrogens is 282 g/mol. The largest absolute Gasteiger partial charge is 0.427 e. The standard InChI is InChI=1S/C17H15NO2S/c1-2-4-17(19)20-14-7-9-15(10-8-14)21-16-6-3-5-13(11-16)12-18/h3,5-11H,2,4H2,1H3. The molecule has 2 aromatic rings. The zero-order chi connectivity index (χ0) is 15.1. The Morgan fingerprint density at radius 2 is 1.95 bits per heavy atom. The van der Waals surface area contributed by atoms with Gasteiger partial charge in [0.05, 0.1) is 11.6 Å². The lowest BCUT2D eigenvalue weighted by atomic mass is 10.2. The van der Waals surface area contributed by atoms with Gasteiger partial charge in [-0.25, -0.2) is 0 Å². The highest BCUT2D eigenvalue weighted by molar-refractivity contribution is 7.99. The van der Waals surface area contributed by atoms with Crippen molar-refractivity contribution in [3.05, 3.63) is 54.1 Å². The Balaban J connectivity index is 2.02. The minimum absolute atomic E-state index is 0.209. The molecule has 0 heterocycles. The van der Waals surface area contributed by atoms with Gasteiger partial charge in [0.15, 0.2) is 0 Å². The molecule has 0 aliphatic carbocycles. The maximum atomic E-state index is 11.4. The van der Waals surface area contributed by atoms with Gasteiger partial charge in [0.1, 0.15) is 5.75 Å². The van der Waals surface area contributed by atoms with E-state index < -0.39 is 0 Å². The van der Waals surface area contributed by atoms with Gasteiger partial charge in [0, 0.05) is 16.2 Å². The molecule has 0 aliphatic heterocycles. The van der Waals surface area contributed by atoms with Crippen LogP contribution in [0.4, 0.5) is 0 Å². The number of hydrogen-bond acceptors (Lipinski definition) is 4. The third kappa shape index (κ3) is 4.66. The second-order valence-corrected chi connectivity index (χ2v) is 5.58. The third-order valence-corrected chi connectivity index (χ3v) is 3.71. The SMILES string of the molecule is CCCC(=O)Oc1ccc(Sc2cccc(C#N)c2)cc1. The number of ether oxygens (including phenoxy) is 1. The van der Waals surface area contributed by atoms with E-state index in [0.717, 1.165) is 16.2 Å². The highest BCUT2D eigenvalue weighted by atomic mass is 32.2. The number of nitrogens with zero attached hydrogens (tertiary/aromatic N) is 1. The maximum Gasteiger partial charge on any atom is 0.311 e. The van der Waals surface area contributed by atoms with E-state index in [4.69, 9.17) is 10.00 Å². The van der Waals surface area contributed by atoms with E-state index in [1.165, 1.54) is 0 Å². The van der Waals surface area contributed by atoms with Crippen molar-refractivity contribution in [2.45, 2.75) is 29.6 Å². The Bertz CT molecular complexity index is 659. The van der Waals surface area contributed by atoms with Crippen LogP contribution in [0.5, 0.6) is 5.75 Å². The second kappa shape index (κ2) is 7.51. The predicted octanol–water partition coefficient (Wildman–Crippen LogP) is 4.41. The molecular formula is C17H15NO2S. The van der Waals surface area contributed by atoms with Crippen LogP contribution >= 0.6 is 11.8 Å². The second-order valence-electron chi connectivity index (χ2n) is 4.44. The topological polar surface area (TPSA) is 50.1 Å². The first-order valence-electron chi connectivity index (χ1n) is 6.70. The molecule has 0 N–H and O–H groups in total. The quantitative estimate of drug-likeness (QED) is 0.605. The average Bonchev–Trinajstić information content (AvgIpc) is 2.50. The van der Waals surface area contributed by atoms with Gasteiger partial charge < -0.3 is 4.74 Å². The summed E-state index contributed by atoms with van der Waals surface area (Å²) in [5.74, 6) is 0.350. The van der Waals surface area contributed by atoms with Crippen molar-refractivity contribution in [2.24, 2.45) is 0 Å². The zero-order valence-electron chi connectivity index (χ0n) is 11.7. The minimum Gasteiger partial charge on any atom is -0.427 e. The summed E-state index contributed by atoms with van der Waals surface area (Å²) in [6.07, 6.45) is 1.21. The van der Waals surface area contributed by atoms with E-state index in [2.05, 4.69) is 6.07 Å². The molecule has 0 radical (unpaired) electrons. The summed E-state index contributed by atoms with van der Waals surface area (Å²) in [6, 6.07) is 16.9. The van der Waals surface area contributed by atoms with Crippen molar-refractivity contribution in [1.82, 2.24) is 0 Å². The molecule has 0 spiro atoms. The summed E-state index contributed by atoms with van der Waals surface area (Å²) in [6.45, 7) is 1.94. The highest BCUT2D eigenvalue weighted by Crippen LogP contribution is 2.29. The van der Waals surface area contributed by atoms with Crippen LogP contribution in [0.1, 0.15) is 25.3 Å². The molecule has 0 amide bonds. The number of nitriles is 1. The molecule has 2 rings (SSSR count). The fraction of sp³-hybridized carbons (Fsp3) is 0.176. The molecule has 0 aromatic heterocycles. The number of carbonyl (C=O) groups excluding carboxylic acids is 1. The van der Waals surface area contributed by atoms with Gasteiger partial charge >= 0.3 is 5.97 Å². The molecule has 0 atom stereocenters. The Morgan fingerprint density at radius 3 is 2.62 bits per heavy atom. The molecule has 0 bridgehead atoms. The first-order chi connectivity index (χ1) is 10.2. The van der Waals surface area contributed by atoms with Crippen LogP contribution in [0, 0.1) is 11.3 Å². The summed E-state index contributed by atoms with van der Waals surface area (Å²) in [5, 5.41) is 8.88. The van der Waals surface area contributed by atoms with Crippen LogP contribution in [0.25, 0.3) is 0 Å². The fourth-order valence-electron chi connectivity index (χ4n) is 1.73. The molecule has 21 heavy (non-hydrogen) atoms. The van der Waals surface area contributed by atoms with Crippen LogP contribution in [0.3, 0.4) is 0 Å². The Kier molecular flexibility index (Phi) is 5.42. The molecule has 2 aromatic carbocycles. The van der Waals surface area contributed by atoms with Crippen molar-refractivity contribution in [3.8, 4) is 11.8 Å². The lowest BCUT2D eigenvalue weighted by Gasteiger charge is -2.05. The van der Waals surface area contributed by atoms with Gasteiger partial charge in [0.25, 0.3) is 0 Å². The number of esters is 1. The summed E-state index contributed by atoms with van der Waals surface area (Å²) in [5.41, 5.74) is 0.644. The zero-order valence-corrected chi connectivity index (χ0v) is 12.5. The molecule has 4 heteroatoms. The predicted molar refractivity (Wildman–Crippen MR) is 82.3 cm³/mol. The van der Waals surface area contributed by atoms with Crippen LogP contribution in [-0.4, -0.2) is 5.97 Å². The molecule has 3 nitrogen and oxygen atoms in total. The lowest BCUT2D eigenvalue weighted by molar-refractivity contribution is -0.134. The maximum absolute atomic E-state index is 11.4. The molecule has 0 saturated heterocycles. The molecule has 0 fully saturated rings. The van der Waals surface area contributed by atoms with Crippen LogP contribution in [0.2, 0.25) is 0 Å². The number of benzene rings is 2. The lowest BCUT2D eigenvalue weighted by Crippen LogP contribution is -2.06. The number of rotatable bonds is 5. The molecule has 0 saturated carbocycles. The average molecular weight is 297 g/mol. The molecule has 106 valence electrons. The number of hydrogen-bond donors (Lipinski definition) is 0. The monoisotopic (exact) mass is 297 g/mol. The van der Waals surface area contributed by atoms with Crippen LogP contribution < -0.4 is 4.74 Å². The number of carbonyl (C=O) groups is 1. The smallest absolute Gasteiger partial charge is 0.311 e. The van der Waals surface area contributed by atoms with Gasteiger partial charge in [-0.1, -0.05) is 24.8 Å². The first kappa shape index (κ1) is 15.1. The van der Waals surface area contributed by atoms with Crippen molar-refractivity contribution in [1.29, 1.82) is 5.26 Å². The molecule has 0 unspecified atom stereocenters. The van der Waals surface area contributed by atoms with E-state index in [1.54, 1.807) is 30.0 Å². The van der Waals surface area contributed by atoms with E-state index in [9.17, 15) is 4.79 Å². The normalized spacial score (nSPS) is 9.90. The van der Waals surface area contributed by atoms with E-state index in [0.29, 0.717) is 17.7 Å². The van der Waals surface area contributed by atoms with Crippen molar-refractivity contribution in [2.75, 3.05) is 0 Å². The van der Waals surface area contributed by atoms with Crippen molar-refractivity contribution in [3.63, 3.8) is 0 Å². The Labute approximate surface area is 128 Å². The van der Waals surface area contributed by atoms with E-state index in [1.807, 2.05) is 37.3 Å². The van der Waals surface area contributed by atoms with Gasteiger partial charge in [-0.05, 0) is 48.9 Å². The summed E-state index contributed by atoms with van der Waals surface area (Å²) in [7, 11) is 0. The summed E-state index contributed by atoms with van der Waals surface area (Å²) >= 11 is 1.56. The summed E-state index contributed by atoms with van der Waals surface area (Å²) in [4.78, 5) is 13.4. The van der Waals surface area contributed by atoms with Gasteiger partial charge in [-0.2, -0.15) is 5.26 Å². The minimum atomic E-state index is -0.209. The van der Waals surface area contributed by atoms with E-state index in [-0.39, 0.29) is 5.97 Å². The van der Waals surface area contributed by atoms with Gasteiger partial charge in [-0.3, -0.25) is 4.79 Å². The first-order valence-corrected chi connectivity index (χ1v) is 7.51. The van der Waals surface area contributed by atoms with Crippen molar-refractivity contribution >= 4 is 17.7 Å². The van der Waals surface area contributed by atoms with Gasteiger partial charge in [0.2, 0.25) is 0 Å². The summed E-state index contributed by atoms with van der Waals surface area (Å²) < 4.78 is 5.21. The van der Waals surface area contributed by atoms with Crippen LogP contribution in [0.15, 0.2) is 58.3 Å². The van der Waals surface area contributed by atoms with Crippen molar-refractivity contribution < 1.29 is 9.53 Å². The van der Waals surface area contributed by atoms with Crippen LogP contribution in [-0.2, 0) is 4.79 Å². The fourth-order valence-corrected chi connectivity index (χ4v) is 2.60. The van der Waals surface area contributed by atoms with E-state index >= 15 is 0 Å². The van der Waals surface area contributed by atoms with Gasteiger partial charge in [-0.15, -0.1) is 0 Å². The Morgan fingerprint density at radius 1 is 1.19 bits per heavy atom. The highest BCUT2D eigenvalue weighted by Gasteiger charge is 2.04. The third-order valence-electron chi connectivity index (χ3n) is 2.71. The Hall–Kier alpha value is -2.25. The molecule has 0 aliphatic rings.